The first-order valence-corrected chi connectivity index (χ1v) is 8.06. The molecule has 2 nitrogen and oxygen atoms in total. The van der Waals surface area contributed by atoms with E-state index in [0.29, 0.717) is 0 Å². The third kappa shape index (κ3) is 3.64. The molecular formula is C18H28FNO. The van der Waals surface area contributed by atoms with E-state index in [1.54, 1.807) is 13.2 Å². The van der Waals surface area contributed by atoms with E-state index in [1.165, 1.54) is 6.42 Å². The predicted octanol–water partition coefficient (Wildman–Crippen LogP) is 4.44. The van der Waals surface area contributed by atoms with Crippen LogP contribution in [-0.4, -0.2) is 19.3 Å². The lowest BCUT2D eigenvalue weighted by molar-refractivity contribution is -0.0840. The zero-order valence-electron chi connectivity index (χ0n) is 13.8. The minimum absolute atomic E-state index is 0.0331. The molecular weight excluding hydrogens is 265 g/mol. The second-order valence-corrected chi connectivity index (χ2v) is 6.43. The molecule has 0 saturated heterocycles. The second kappa shape index (κ2) is 6.89. The van der Waals surface area contributed by atoms with Crippen molar-refractivity contribution in [1.82, 2.24) is 5.32 Å². The van der Waals surface area contributed by atoms with Crippen molar-refractivity contribution >= 4 is 0 Å². The first-order valence-electron chi connectivity index (χ1n) is 8.06. The Balaban J connectivity index is 2.27. The van der Waals surface area contributed by atoms with Gasteiger partial charge in [0.2, 0.25) is 0 Å². The van der Waals surface area contributed by atoms with Crippen molar-refractivity contribution in [3.63, 3.8) is 0 Å². The van der Waals surface area contributed by atoms with E-state index in [1.807, 2.05) is 13.8 Å². The van der Waals surface area contributed by atoms with Gasteiger partial charge in [-0.05, 0) is 69.7 Å². The fraction of sp³-hybridized carbons (Fsp3) is 0.667. The van der Waals surface area contributed by atoms with Crippen LogP contribution >= 0.6 is 0 Å². The van der Waals surface area contributed by atoms with E-state index >= 15 is 0 Å². The molecule has 1 aromatic rings. The zero-order valence-corrected chi connectivity index (χ0v) is 13.8. The molecule has 0 radical (unpaired) electrons. The van der Waals surface area contributed by atoms with E-state index in [2.05, 4.69) is 18.3 Å². The molecule has 0 aromatic heterocycles. The maximum Gasteiger partial charge on any atom is 0.128 e. The lowest BCUT2D eigenvalue weighted by Gasteiger charge is -2.43. The molecule has 2 rings (SSSR count). The number of hydrogen-bond acceptors (Lipinski definition) is 2. The quantitative estimate of drug-likeness (QED) is 0.802. The lowest BCUT2D eigenvalue weighted by atomic mass is 9.74. The number of nitrogens with one attached hydrogen (secondary N) is 1. The molecule has 1 saturated carbocycles. The molecule has 1 aliphatic carbocycles. The van der Waals surface area contributed by atoms with Gasteiger partial charge in [-0.15, -0.1) is 0 Å². The van der Waals surface area contributed by atoms with E-state index in [9.17, 15) is 4.39 Å². The monoisotopic (exact) mass is 293 g/mol. The molecule has 0 aliphatic heterocycles. The van der Waals surface area contributed by atoms with E-state index in [4.69, 9.17) is 4.74 Å². The molecule has 1 aliphatic rings. The first kappa shape index (κ1) is 16.4. The number of aryl methyl sites for hydroxylation is 2. The molecule has 0 heterocycles. The summed E-state index contributed by atoms with van der Waals surface area (Å²) in [7, 11) is 1.79. The van der Waals surface area contributed by atoms with Crippen molar-refractivity contribution in [2.45, 2.75) is 64.5 Å². The Bertz CT molecular complexity index is 454. The van der Waals surface area contributed by atoms with Gasteiger partial charge in [-0.1, -0.05) is 13.0 Å². The molecule has 0 bridgehead atoms. The number of hydrogen-bond donors (Lipinski definition) is 1. The first-order chi connectivity index (χ1) is 10.0. The van der Waals surface area contributed by atoms with Crippen LogP contribution in [-0.2, 0) is 4.74 Å². The SMILES string of the molecule is CCCNC(CC1(OC)CCC1)c1c(C)cc(C)cc1F. The highest BCUT2D eigenvalue weighted by molar-refractivity contribution is 5.34. The van der Waals surface area contributed by atoms with Crippen LogP contribution in [0.15, 0.2) is 12.1 Å². The van der Waals surface area contributed by atoms with Crippen LogP contribution < -0.4 is 5.32 Å². The number of methoxy groups -OCH3 is 1. The average molecular weight is 293 g/mol. The summed E-state index contributed by atoms with van der Waals surface area (Å²) in [5, 5.41) is 3.53. The number of ether oxygens (including phenoxy) is 1. The Morgan fingerprint density at radius 3 is 2.52 bits per heavy atom. The van der Waals surface area contributed by atoms with Gasteiger partial charge in [-0.2, -0.15) is 0 Å². The molecule has 3 heteroatoms. The molecule has 0 spiro atoms. The van der Waals surface area contributed by atoms with Gasteiger partial charge in [0.1, 0.15) is 5.82 Å². The number of rotatable bonds is 7. The van der Waals surface area contributed by atoms with E-state index in [-0.39, 0.29) is 17.5 Å². The maximum absolute atomic E-state index is 14.5. The van der Waals surface area contributed by atoms with Gasteiger partial charge in [0.25, 0.3) is 0 Å². The van der Waals surface area contributed by atoms with Gasteiger partial charge < -0.3 is 10.1 Å². The Morgan fingerprint density at radius 1 is 1.33 bits per heavy atom. The van der Waals surface area contributed by atoms with Gasteiger partial charge in [0.15, 0.2) is 0 Å². The van der Waals surface area contributed by atoms with Crippen LogP contribution in [0.2, 0.25) is 0 Å². The molecule has 1 unspecified atom stereocenters. The average Bonchev–Trinajstić information content (AvgIpc) is 2.38. The Hall–Kier alpha value is -0.930. The van der Waals surface area contributed by atoms with Crippen LogP contribution in [0.3, 0.4) is 0 Å². The molecule has 21 heavy (non-hydrogen) atoms. The van der Waals surface area contributed by atoms with E-state index in [0.717, 1.165) is 48.9 Å². The summed E-state index contributed by atoms with van der Waals surface area (Å²) < 4.78 is 20.3. The number of halogens is 1. The summed E-state index contributed by atoms with van der Waals surface area (Å²) in [6.45, 7) is 6.98. The molecule has 1 N–H and O–H groups in total. The van der Waals surface area contributed by atoms with Crippen LogP contribution in [0.4, 0.5) is 4.39 Å². The highest BCUT2D eigenvalue weighted by Crippen LogP contribution is 2.42. The van der Waals surface area contributed by atoms with Crippen molar-refractivity contribution < 1.29 is 9.13 Å². The Morgan fingerprint density at radius 2 is 2.05 bits per heavy atom. The predicted molar refractivity (Wildman–Crippen MR) is 85.1 cm³/mol. The minimum Gasteiger partial charge on any atom is -0.378 e. The molecule has 118 valence electrons. The smallest absolute Gasteiger partial charge is 0.128 e. The standard InChI is InChI=1S/C18H28FNO/c1-5-9-20-16(12-18(21-4)7-6-8-18)17-14(3)10-13(2)11-15(17)19/h10-11,16,20H,5-9,12H2,1-4H3. The second-order valence-electron chi connectivity index (χ2n) is 6.43. The van der Waals surface area contributed by atoms with Crippen molar-refractivity contribution in [3.05, 3.63) is 34.6 Å². The summed E-state index contributed by atoms with van der Waals surface area (Å²) in [5.41, 5.74) is 2.77. The molecule has 1 aromatic carbocycles. The van der Waals surface area contributed by atoms with Crippen molar-refractivity contribution in [2.24, 2.45) is 0 Å². The summed E-state index contributed by atoms with van der Waals surface area (Å²) in [5.74, 6) is -0.0910. The Kier molecular flexibility index (Phi) is 5.39. The summed E-state index contributed by atoms with van der Waals surface area (Å²) in [4.78, 5) is 0. The molecule has 1 atom stereocenters. The summed E-state index contributed by atoms with van der Waals surface area (Å²) in [6.07, 6.45) is 5.28. The van der Waals surface area contributed by atoms with Gasteiger partial charge in [0, 0.05) is 18.7 Å². The van der Waals surface area contributed by atoms with Gasteiger partial charge in [-0.25, -0.2) is 4.39 Å². The normalized spacial score (nSPS) is 18.3. The fourth-order valence-corrected chi connectivity index (χ4v) is 3.40. The molecule has 0 amide bonds. The van der Waals surface area contributed by atoms with Crippen molar-refractivity contribution in [2.75, 3.05) is 13.7 Å². The van der Waals surface area contributed by atoms with Gasteiger partial charge in [-0.3, -0.25) is 0 Å². The highest BCUT2D eigenvalue weighted by atomic mass is 19.1. The van der Waals surface area contributed by atoms with Crippen LogP contribution in [0, 0.1) is 19.7 Å². The van der Waals surface area contributed by atoms with Crippen LogP contribution in [0.25, 0.3) is 0 Å². The fourth-order valence-electron chi connectivity index (χ4n) is 3.40. The Labute approximate surface area is 128 Å². The topological polar surface area (TPSA) is 21.3 Å². The minimum atomic E-state index is -0.0910. The van der Waals surface area contributed by atoms with Crippen molar-refractivity contribution in [3.8, 4) is 0 Å². The lowest BCUT2D eigenvalue weighted by Crippen LogP contribution is -2.43. The van der Waals surface area contributed by atoms with Crippen LogP contribution in [0.1, 0.15) is 61.8 Å². The third-order valence-electron chi connectivity index (χ3n) is 4.74. The third-order valence-corrected chi connectivity index (χ3v) is 4.74. The highest BCUT2D eigenvalue weighted by Gasteiger charge is 2.40. The van der Waals surface area contributed by atoms with E-state index < -0.39 is 0 Å². The largest absolute Gasteiger partial charge is 0.378 e. The zero-order chi connectivity index (χ0) is 15.5. The molecule has 1 fully saturated rings. The van der Waals surface area contributed by atoms with Crippen LogP contribution in [0.5, 0.6) is 0 Å². The maximum atomic E-state index is 14.5. The summed E-state index contributed by atoms with van der Waals surface area (Å²) >= 11 is 0. The van der Waals surface area contributed by atoms with Crippen molar-refractivity contribution in [1.29, 1.82) is 0 Å². The van der Waals surface area contributed by atoms with Gasteiger partial charge in [0.05, 0.1) is 5.60 Å². The number of benzene rings is 1. The van der Waals surface area contributed by atoms with Gasteiger partial charge >= 0.3 is 0 Å². The summed E-state index contributed by atoms with van der Waals surface area (Å²) in [6, 6.07) is 3.74.